The van der Waals surface area contributed by atoms with E-state index >= 15 is 0 Å². The third-order valence-corrected chi connectivity index (χ3v) is 6.26. The first kappa shape index (κ1) is 30.8. The van der Waals surface area contributed by atoms with Crippen molar-refractivity contribution in [3.63, 3.8) is 0 Å². The lowest BCUT2D eigenvalue weighted by Gasteiger charge is -2.29. The summed E-state index contributed by atoms with van der Waals surface area (Å²) in [6.07, 6.45) is 13.3. The fourth-order valence-electron chi connectivity index (χ4n) is 3.99. The van der Waals surface area contributed by atoms with Gasteiger partial charge in [0.25, 0.3) is 0 Å². The third kappa shape index (κ3) is 7.64. The SMILES string of the molecule is C=CC(C)(O)C=CC1=C(C)C(=O)C(O)=CC1(C)C.CC(C=CC1=C(C)C(=O)C(O)=CC1(C)C)=CCO. The van der Waals surface area contributed by atoms with Crippen molar-refractivity contribution in [2.24, 2.45) is 10.8 Å². The van der Waals surface area contributed by atoms with Crippen LogP contribution in [0.3, 0.4) is 0 Å². The highest BCUT2D eigenvalue weighted by atomic mass is 16.3. The van der Waals surface area contributed by atoms with Crippen LogP contribution in [0, 0.1) is 10.8 Å². The Balaban J connectivity index is 0.000000360. The van der Waals surface area contributed by atoms with Crippen molar-refractivity contribution in [2.75, 3.05) is 6.61 Å². The van der Waals surface area contributed by atoms with Crippen molar-refractivity contribution in [3.8, 4) is 0 Å². The Morgan fingerprint density at radius 1 is 0.944 bits per heavy atom. The molecule has 0 amide bonds. The van der Waals surface area contributed by atoms with Crippen LogP contribution in [0.25, 0.3) is 0 Å². The number of carbonyl (C=O) groups excluding carboxylic acids is 2. The number of carbonyl (C=O) groups is 2. The average Bonchev–Trinajstić information content (AvgIpc) is 2.75. The number of allylic oxidation sites excluding steroid dienone is 10. The summed E-state index contributed by atoms with van der Waals surface area (Å²) in [6.45, 7) is 18.1. The first-order chi connectivity index (χ1) is 16.4. The predicted molar refractivity (Wildman–Crippen MR) is 144 cm³/mol. The van der Waals surface area contributed by atoms with Gasteiger partial charge in [0.15, 0.2) is 11.5 Å². The van der Waals surface area contributed by atoms with Gasteiger partial charge in [0, 0.05) is 22.0 Å². The first-order valence-corrected chi connectivity index (χ1v) is 11.8. The minimum atomic E-state index is -1.12. The van der Waals surface area contributed by atoms with Crippen LogP contribution in [0.15, 0.2) is 94.6 Å². The molecule has 2 aliphatic rings. The van der Waals surface area contributed by atoms with Crippen LogP contribution >= 0.6 is 0 Å². The van der Waals surface area contributed by atoms with Crippen LogP contribution in [0.2, 0.25) is 0 Å². The molecule has 2 aliphatic carbocycles. The highest BCUT2D eigenvalue weighted by molar-refractivity contribution is 6.08. The minimum Gasteiger partial charge on any atom is -0.504 e. The van der Waals surface area contributed by atoms with Gasteiger partial charge in [-0.2, -0.15) is 0 Å². The lowest BCUT2D eigenvalue weighted by Crippen LogP contribution is -2.24. The quantitative estimate of drug-likeness (QED) is 0.277. The first-order valence-electron chi connectivity index (χ1n) is 11.8. The van der Waals surface area contributed by atoms with Crippen molar-refractivity contribution in [1.29, 1.82) is 0 Å². The number of aliphatic hydroxyl groups is 4. The number of rotatable bonds is 6. The molecular formula is C30H40O6. The second kappa shape index (κ2) is 11.7. The summed E-state index contributed by atoms with van der Waals surface area (Å²) < 4.78 is 0. The van der Waals surface area contributed by atoms with Crippen LogP contribution in [0.5, 0.6) is 0 Å². The average molecular weight is 497 g/mol. The van der Waals surface area contributed by atoms with E-state index in [9.17, 15) is 24.9 Å². The molecule has 0 aromatic carbocycles. The van der Waals surface area contributed by atoms with E-state index < -0.39 is 11.0 Å². The molecule has 0 saturated carbocycles. The normalized spacial score (nSPS) is 21.8. The maximum absolute atomic E-state index is 11.7. The van der Waals surface area contributed by atoms with Gasteiger partial charge in [-0.15, -0.1) is 0 Å². The summed E-state index contributed by atoms with van der Waals surface area (Å²) in [5.74, 6) is -1.09. The highest BCUT2D eigenvalue weighted by Gasteiger charge is 2.32. The van der Waals surface area contributed by atoms with E-state index in [1.54, 1.807) is 45.1 Å². The summed E-state index contributed by atoms with van der Waals surface area (Å²) in [6, 6.07) is 0. The molecule has 0 aromatic rings. The third-order valence-electron chi connectivity index (χ3n) is 6.26. The monoisotopic (exact) mass is 496 g/mol. The van der Waals surface area contributed by atoms with E-state index in [-0.39, 0.29) is 35.1 Å². The van der Waals surface area contributed by atoms with E-state index in [0.29, 0.717) is 11.1 Å². The van der Waals surface area contributed by atoms with Crippen LogP contribution < -0.4 is 0 Å². The summed E-state index contributed by atoms with van der Waals surface area (Å²) in [7, 11) is 0. The zero-order chi connectivity index (χ0) is 28.1. The highest BCUT2D eigenvalue weighted by Crippen LogP contribution is 2.38. The second-order valence-corrected chi connectivity index (χ2v) is 10.5. The summed E-state index contributed by atoms with van der Waals surface area (Å²) in [5.41, 5.74) is 1.72. The van der Waals surface area contributed by atoms with Gasteiger partial charge in [-0.3, -0.25) is 9.59 Å². The summed E-state index contributed by atoms with van der Waals surface area (Å²) >= 11 is 0. The molecule has 36 heavy (non-hydrogen) atoms. The van der Waals surface area contributed by atoms with Gasteiger partial charge in [0.1, 0.15) is 0 Å². The van der Waals surface area contributed by atoms with E-state index in [1.807, 2.05) is 46.8 Å². The lowest BCUT2D eigenvalue weighted by atomic mass is 9.75. The van der Waals surface area contributed by atoms with Crippen LogP contribution in [-0.4, -0.2) is 44.2 Å². The fourth-order valence-corrected chi connectivity index (χ4v) is 3.99. The maximum atomic E-state index is 11.7. The van der Waals surface area contributed by atoms with Gasteiger partial charge >= 0.3 is 0 Å². The second-order valence-electron chi connectivity index (χ2n) is 10.5. The number of aliphatic hydroxyl groups excluding tert-OH is 3. The number of hydrogen-bond donors (Lipinski definition) is 4. The van der Waals surface area contributed by atoms with E-state index in [0.717, 1.165) is 16.7 Å². The maximum Gasteiger partial charge on any atom is 0.222 e. The summed E-state index contributed by atoms with van der Waals surface area (Å²) in [5, 5.41) is 37.8. The molecule has 1 unspecified atom stereocenters. The molecule has 0 radical (unpaired) electrons. The molecule has 0 fully saturated rings. The Morgan fingerprint density at radius 2 is 1.36 bits per heavy atom. The van der Waals surface area contributed by atoms with E-state index in [2.05, 4.69) is 6.58 Å². The molecular weight excluding hydrogens is 456 g/mol. The molecule has 6 heteroatoms. The molecule has 1 atom stereocenters. The Bertz CT molecular complexity index is 1130. The van der Waals surface area contributed by atoms with E-state index in [4.69, 9.17) is 5.11 Å². The molecule has 0 aliphatic heterocycles. The van der Waals surface area contributed by atoms with Crippen molar-refractivity contribution >= 4 is 11.6 Å². The van der Waals surface area contributed by atoms with Crippen molar-refractivity contribution in [1.82, 2.24) is 0 Å². The van der Waals surface area contributed by atoms with Gasteiger partial charge < -0.3 is 20.4 Å². The fraction of sp³-hybridized carbons (Fsp3) is 0.400. The molecule has 0 bridgehead atoms. The molecule has 2 rings (SSSR count). The summed E-state index contributed by atoms with van der Waals surface area (Å²) in [4.78, 5) is 23.5. The molecule has 0 spiro atoms. The zero-order valence-electron chi connectivity index (χ0n) is 22.6. The standard InChI is InChI=1S/2C15H20O3/c1-10(7-8-16)5-6-12-11(2)14(18)13(17)9-15(12,3)4;1-6-15(5,18)8-7-11-10(2)13(17)12(16)9-14(11,3)4/h5-7,9,16-17H,8H2,1-4H3;6-9,16,18H,1H2,2-5H3. The largest absolute Gasteiger partial charge is 0.504 e. The Kier molecular flexibility index (Phi) is 9.99. The van der Waals surface area contributed by atoms with Crippen LogP contribution in [-0.2, 0) is 9.59 Å². The molecule has 0 saturated heterocycles. The molecule has 6 nitrogen and oxygen atoms in total. The number of ketones is 2. The topological polar surface area (TPSA) is 115 Å². The van der Waals surface area contributed by atoms with Crippen molar-refractivity contribution in [3.05, 3.63) is 94.6 Å². The van der Waals surface area contributed by atoms with Crippen molar-refractivity contribution in [2.45, 2.75) is 61.0 Å². The zero-order valence-corrected chi connectivity index (χ0v) is 22.6. The van der Waals surface area contributed by atoms with Crippen LogP contribution in [0.1, 0.15) is 55.4 Å². The molecule has 4 N–H and O–H groups in total. The lowest BCUT2D eigenvalue weighted by molar-refractivity contribution is -0.115. The number of hydrogen-bond acceptors (Lipinski definition) is 6. The predicted octanol–water partition coefficient (Wildman–Crippen LogP) is 5.70. The van der Waals surface area contributed by atoms with Crippen LogP contribution in [0.4, 0.5) is 0 Å². The molecule has 196 valence electrons. The van der Waals surface area contributed by atoms with E-state index in [1.165, 1.54) is 12.2 Å². The van der Waals surface area contributed by atoms with Gasteiger partial charge in [0.05, 0.1) is 12.2 Å². The Hall–Kier alpha value is -3.22. The number of Topliss-reactive ketones (excluding diaryl/α,β-unsaturated/α-hetero) is 2. The van der Waals surface area contributed by atoms with Gasteiger partial charge in [-0.1, -0.05) is 70.2 Å². The Morgan fingerprint density at radius 3 is 1.75 bits per heavy atom. The van der Waals surface area contributed by atoms with Gasteiger partial charge in [-0.05, 0) is 57.1 Å². The smallest absolute Gasteiger partial charge is 0.222 e. The van der Waals surface area contributed by atoms with Gasteiger partial charge in [-0.25, -0.2) is 0 Å². The Labute approximate surface area is 214 Å². The molecule has 0 heterocycles. The van der Waals surface area contributed by atoms with Gasteiger partial charge in [0.2, 0.25) is 11.6 Å². The molecule has 0 aromatic heterocycles. The minimum absolute atomic E-state index is 0.00276. The van der Waals surface area contributed by atoms with Crippen molar-refractivity contribution < 1.29 is 30.0 Å².